The molecule has 2 amide bonds. The first-order valence-corrected chi connectivity index (χ1v) is 8.41. The lowest BCUT2D eigenvalue weighted by Gasteiger charge is -2.30. The summed E-state index contributed by atoms with van der Waals surface area (Å²) in [5, 5.41) is 2.65. The number of hydrogen-bond acceptors (Lipinski definition) is 3. The quantitative estimate of drug-likeness (QED) is 0.902. The molecule has 0 atom stereocenters. The average Bonchev–Trinajstić information content (AvgIpc) is 2.50. The summed E-state index contributed by atoms with van der Waals surface area (Å²) in [6.45, 7) is 8.97. The molecule has 2 rings (SSSR count). The average molecular weight is 333 g/mol. The molecule has 1 saturated heterocycles. The molecule has 0 spiro atoms. The number of carbonyl (C=O) groups excluding carboxylic acids is 2. The van der Waals surface area contributed by atoms with Crippen molar-refractivity contribution in [2.24, 2.45) is 18.4 Å². The topological polar surface area (TPSA) is 71.4 Å². The number of anilines is 1. The Hall–Kier alpha value is -2.11. The Balaban J connectivity index is 2.27. The summed E-state index contributed by atoms with van der Waals surface area (Å²) in [7, 11) is 1.59. The van der Waals surface area contributed by atoms with Crippen molar-refractivity contribution in [3.63, 3.8) is 0 Å². The minimum absolute atomic E-state index is 0.0937. The minimum Gasteiger partial charge on any atom is -0.339 e. The van der Waals surface area contributed by atoms with Crippen molar-refractivity contribution in [2.75, 3.05) is 18.4 Å². The summed E-state index contributed by atoms with van der Waals surface area (Å²) >= 11 is 0. The van der Waals surface area contributed by atoms with Gasteiger partial charge in [0.15, 0.2) is 0 Å². The van der Waals surface area contributed by atoms with Gasteiger partial charge in [-0.25, -0.2) is 0 Å². The molecule has 1 aliphatic heterocycles. The van der Waals surface area contributed by atoms with Gasteiger partial charge in [-0.05, 0) is 24.8 Å². The molecule has 1 fully saturated rings. The summed E-state index contributed by atoms with van der Waals surface area (Å²) in [6.07, 6.45) is 3.52. The van der Waals surface area contributed by atoms with E-state index in [1.807, 2.05) is 4.90 Å². The molecule has 6 heteroatoms. The second kappa shape index (κ2) is 6.79. The zero-order valence-corrected chi connectivity index (χ0v) is 15.2. The van der Waals surface area contributed by atoms with Gasteiger partial charge in [-0.3, -0.25) is 14.4 Å². The number of likely N-dealkylation sites (tertiary alicyclic amines) is 1. The van der Waals surface area contributed by atoms with Gasteiger partial charge in [-0.1, -0.05) is 27.7 Å². The lowest BCUT2D eigenvalue weighted by molar-refractivity contribution is -0.123. The fourth-order valence-corrected chi connectivity index (χ4v) is 2.62. The molecule has 0 saturated carbocycles. The molecular formula is C18H27N3O3. The van der Waals surface area contributed by atoms with Crippen molar-refractivity contribution in [1.29, 1.82) is 0 Å². The molecule has 1 aliphatic rings. The molecule has 0 aromatic carbocycles. The number of amides is 2. The molecular weight excluding hydrogens is 306 g/mol. The van der Waals surface area contributed by atoms with E-state index in [9.17, 15) is 14.4 Å². The first-order chi connectivity index (χ1) is 11.1. The predicted octanol–water partition coefficient (Wildman–Crippen LogP) is 2.24. The van der Waals surface area contributed by atoms with Gasteiger partial charge in [0.25, 0.3) is 11.5 Å². The molecule has 24 heavy (non-hydrogen) atoms. The summed E-state index contributed by atoms with van der Waals surface area (Å²) < 4.78 is 1.35. The van der Waals surface area contributed by atoms with Crippen molar-refractivity contribution in [1.82, 2.24) is 9.47 Å². The highest BCUT2D eigenvalue weighted by molar-refractivity contribution is 5.98. The maximum absolute atomic E-state index is 12.7. The first-order valence-electron chi connectivity index (χ1n) is 8.41. The fourth-order valence-electron chi connectivity index (χ4n) is 2.62. The zero-order chi connectivity index (χ0) is 18.1. The fraction of sp³-hybridized carbons (Fsp3) is 0.611. The number of aromatic nitrogens is 1. The smallest absolute Gasteiger partial charge is 0.274 e. The van der Waals surface area contributed by atoms with E-state index in [0.717, 1.165) is 25.9 Å². The van der Waals surface area contributed by atoms with Crippen LogP contribution in [0.4, 0.5) is 5.69 Å². The molecule has 6 nitrogen and oxygen atoms in total. The SMILES string of the molecule is CC1CCN(C(=O)c2cc(NC(=O)C(C)(C)C)c(=O)n(C)c2)CC1. The Bertz CT molecular complexity index is 692. The number of hydrogen-bond donors (Lipinski definition) is 1. The molecule has 1 N–H and O–H groups in total. The van der Waals surface area contributed by atoms with Crippen molar-refractivity contribution >= 4 is 17.5 Å². The Morgan fingerprint density at radius 1 is 1.21 bits per heavy atom. The summed E-state index contributed by atoms with van der Waals surface area (Å²) in [4.78, 5) is 38.9. The normalized spacial score (nSPS) is 16.1. The van der Waals surface area contributed by atoms with Gasteiger partial charge in [-0.2, -0.15) is 0 Å². The van der Waals surface area contributed by atoms with Crippen molar-refractivity contribution in [3.8, 4) is 0 Å². The lowest BCUT2D eigenvalue weighted by atomic mass is 9.95. The van der Waals surface area contributed by atoms with E-state index >= 15 is 0 Å². The van der Waals surface area contributed by atoms with Crippen LogP contribution in [0.25, 0.3) is 0 Å². The highest BCUT2D eigenvalue weighted by Gasteiger charge is 2.25. The second-order valence-corrected chi connectivity index (χ2v) is 7.74. The van der Waals surface area contributed by atoms with Crippen LogP contribution in [0, 0.1) is 11.3 Å². The van der Waals surface area contributed by atoms with Crippen LogP contribution in [-0.4, -0.2) is 34.4 Å². The molecule has 1 aromatic heterocycles. The highest BCUT2D eigenvalue weighted by atomic mass is 16.2. The van der Waals surface area contributed by atoms with E-state index in [1.165, 1.54) is 16.8 Å². The summed E-state index contributed by atoms with van der Waals surface area (Å²) in [6, 6.07) is 1.49. The van der Waals surface area contributed by atoms with Crippen LogP contribution >= 0.6 is 0 Å². The number of nitrogens with zero attached hydrogens (tertiary/aromatic N) is 2. The highest BCUT2D eigenvalue weighted by Crippen LogP contribution is 2.20. The van der Waals surface area contributed by atoms with Crippen LogP contribution in [0.15, 0.2) is 17.1 Å². The monoisotopic (exact) mass is 333 g/mol. The number of nitrogens with one attached hydrogen (secondary N) is 1. The zero-order valence-electron chi connectivity index (χ0n) is 15.2. The maximum Gasteiger partial charge on any atom is 0.274 e. The van der Waals surface area contributed by atoms with Crippen molar-refractivity contribution in [2.45, 2.75) is 40.5 Å². The van der Waals surface area contributed by atoms with Crippen LogP contribution in [0.2, 0.25) is 0 Å². The number of rotatable bonds is 2. The van der Waals surface area contributed by atoms with Crippen LogP contribution in [0.3, 0.4) is 0 Å². The number of carbonyl (C=O) groups is 2. The first kappa shape index (κ1) is 18.2. The van der Waals surface area contributed by atoms with Gasteiger partial charge in [-0.15, -0.1) is 0 Å². The van der Waals surface area contributed by atoms with Gasteiger partial charge in [0.1, 0.15) is 5.69 Å². The number of piperidine rings is 1. The molecule has 132 valence electrons. The maximum atomic E-state index is 12.7. The van der Waals surface area contributed by atoms with Crippen LogP contribution < -0.4 is 10.9 Å². The van der Waals surface area contributed by atoms with E-state index in [1.54, 1.807) is 27.8 Å². The van der Waals surface area contributed by atoms with E-state index in [0.29, 0.717) is 11.5 Å². The van der Waals surface area contributed by atoms with Gasteiger partial charge in [0.2, 0.25) is 5.91 Å². The minimum atomic E-state index is -0.617. The van der Waals surface area contributed by atoms with Gasteiger partial charge in [0.05, 0.1) is 5.56 Å². The Labute approximate surface area is 142 Å². The third kappa shape index (κ3) is 4.04. The molecule has 0 bridgehead atoms. The van der Waals surface area contributed by atoms with Gasteiger partial charge in [0, 0.05) is 31.7 Å². The third-order valence-corrected chi connectivity index (χ3v) is 4.43. The van der Waals surface area contributed by atoms with Crippen LogP contribution in [0.1, 0.15) is 50.9 Å². The second-order valence-electron chi connectivity index (χ2n) is 7.74. The van der Waals surface area contributed by atoms with Crippen LogP contribution in [-0.2, 0) is 11.8 Å². The van der Waals surface area contributed by atoms with E-state index in [-0.39, 0.29) is 23.1 Å². The van der Waals surface area contributed by atoms with E-state index < -0.39 is 5.41 Å². The Morgan fingerprint density at radius 2 is 1.79 bits per heavy atom. The van der Waals surface area contributed by atoms with Crippen molar-refractivity contribution in [3.05, 3.63) is 28.2 Å². The predicted molar refractivity (Wildman–Crippen MR) is 94.1 cm³/mol. The summed E-state index contributed by atoms with van der Waals surface area (Å²) in [5.41, 5.74) is -0.366. The van der Waals surface area contributed by atoms with Gasteiger partial charge < -0.3 is 14.8 Å². The third-order valence-electron chi connectivity index (χ3n) is 4.43. The van der Waals surface area contributed by atoms with E-state index in [4.69, 9.17) is 0 Å². The number of pyridine rings is 1. The molecule has 1 aromatic rings. The summed E-state index contributed by atoms with van der Waals surface area (Å²) in [5.74, 6) is 0.288. The van der Waals surface area contributed by atoms with Crippen LogP contribution in [0.5, 0.6) is 0 Å². The lowest BCUT2D eigenvalue weighted by Crippen LogP contribution is -2.39. The van der Waals surface area contributed by atoms with E-state index in [2.05, 4.69) is 12.2 Å². The molecule has 0 radical (unpaired) electrons. The largest absolute Gasteiger partial charge is 0.339 e. The Morgan fingerprint density at radius 3 is 2.33 bits per heavy atom. The van der Waals surface area contributed by atoms with Crippen molar-refractivity contribution < 1.29 is 9.59 Å². The Kier molecular flexibility index (Phi) is 5.16. The molecule has 0 unspecified atom stereocenters. The molecule has 0 aliphatic carbocycles. The molecule has 2 heterocycles. The number of aryl methyl sites for hydroxylation is 1. The van der Waals surface area contributed by atoms with Gasteiger partial charge >= 0.3 is 0 Å². The standard InChI is InChI=1S/C18H27N3O3/c1-12-6-8-21(9-7-12)15(22)13-10-14(16(23)20(5)11-13)19-17(24)18(2,3)4/h10-12H,6-9H2,1-5H3,(H,19,24).